The number of amides is 1. The van der Waals surface area contributed by atoms with Crippen molar-refractivity contribution in [2.75, 3.05) is 27.4 Å². The Morgan fingerprint density at radius 2 is 1.84 bits per heavy atom. The summed E-state index contributed by atoms with van der Waals surface area (Å²) in [6.07, 6.45) is 1.93. The highest BCUT2D eigenvalue weighted by atomic mass is 32.2. The van der Waals surface area contributed by atoms with Crippen molar-refractivity contribution in [2.24, 2.45) is 0 Å². The molecule has 3 rings (SSSR count). The lowest BCUT2D eigenvalue weighted by Crippen LogP contribution is -2.35. The van der Waals surface area contributed by atoms with Gasteiger partial charge in [0, 0.05) is 26.6 Å². The summed E-state index contributed by atoms with van der Waals surface area (Å²) in [6.45, 7) is 3.00. The molecule has 9 heteroatoms. The minimum absolute atomic E-state index is 0.00972. The number of benzene rings is 2. The summed E-state index contributed by atoms with van der Waals surface area (Å²) in [5.41, 5.74) is 0.717. The molecule has 1 aliphatic rings. The molecule has 0 aliphatic carbocycles. The van der Waals surface area contributed by atoms with Gasteiger partial charge in [0.15, 0.2) is 11.5 Å². The molecule has 1 atom stereocenters. The Morgan fingerprint density at radius 3 is 2.42 bits per heavy atom. The molecule has 8 nitrogen and oxygen atoms in total. The summed E-state index contributed by atoms with van der Waals surface area (Å²) in [4.78, 5) is 13.8. The van der Waals surface area contributed by atoms with E-state index in [-0.39, 0.29) is 28.4 Å². The van der Waals surface area contributed by atoms with Gasteiger partial charge in [0.2, 0.25) is 5.91 Å². The smallest absolute Gasteiger partial charge is 0.339 e. The van der Waals surface area contributed by atoms with Crippen molar-refractivity contribution in [3.05, 3.63) is 48.0 Å². The van der Waals surface area contributed by atoms with Gasteiger partial charge < -0.3 is 23.3 Å². The van der Waals surface area contributed by atoms with Gasteiger partial charge in [0.05, 0.1) is 20.3 Å². The summed E-state index contributed by atoms with van der Waals surface area (Å²) >= 11 is 0. The molecule has 1 amide bonds. The molecule has 2 aromatic rings. The molecule has 168 valence electrons. The largest absolute Gasteiger partial charge is 0.497 e. The number of rotatable bonds is 9. The van der Waals surface area contributed by atoms with Gasteiger partial charge in [-0.1, -0.05) is 6.07 Å². The summed E-state index contributed by atoms with van der Waals surface area (Å²) in [7, 11) is -1.16. The third kappa shape index (κ3) is 5.89. The minimum atomic E-state index is -4.09. The summed E-state index contributed by atoms with van der Waals surface area (Å²) in [5.74, 6) is 0.777. The molecule has 1 fully saturated rings. The van der Waals surface area contributed by atoms with Gasteiger partial charge in [0.1, 0.15) is 10.6 Å². The third-order valence-electron chi connectivity index (χ3n) is 5.04. The van der Waals surface area contributed by atoms with Crippen LogP contribution in [-0.2, 0) is 26.2 Å². The summed E-state index contributed by atoms with van der Waals surface area (Å²) in [6, 6.07) is 10.9. The zero-order chi connectivity index (χ0) is 22.4. The number of carbonyl (C=O) groups is 1. The highest BCUT2D eigenvalue weighted by Gasteiger charge is 2.23. The Bertz CT molecular complexity index is 999. The van der Waals surface area contributed by atoms with E-state index in [4.69, 9.17) is 18.4 Å². The number of carbonyl (C=O) groups excluding carboxylic acids is 1. The highest BCUT2D eigenvalue weighted by Crippen LogP contribution is 2.32. The predicted molar refractivity (Wildman–Crippen MR) is 114 cm³/mol. The molecule has 0 bridgehead atoms. The van der Waals surface area contributed by atoms with Gasteiger partial charge in [-0.15, -0.1) is 0 Å². The van der Waals surface area contributed by atoms with E-state index in [2.05, 4.69) is 0 Å². The van der Waals surface area contributed by atoms with Crippen LogP contribution < -0.4 is 13.7 Å². The Labute approximate surface area is 182 Å². The van der Waals surface area contributed by atoms with Crippen LogP contribution in [0, 0.1) is 0 Å². The SMILES string of the molecule is COc1ccc(S(=O)(=O)Oc2cc(CN(C[C@@H]3CCCO3)C(C)=O)ccc2OC)cc1. The lowest BCUT2D eigenvalue weighted by molar-refractivity contribution is -0.131. The lowest BCUT2D eigenvalue weighted by Gasteiger charge is -2.24. The van der Waals surface area contributed by atoms with Gasteiger partial charge in [-0.05, 0) is 54.8 Å². The van der Waals surface area contributed by atoms with Crippen LogP contribution in [0.3, 0.4) is 0 Å². The second-order valence-corrected chi connectivity index (χ2v) is 8.78. The molecule has 0 saturated carbocycles. The molecular formula is C22H27NO7S. The Balaban J connectivity index is 1.81. The van der Waals surface area contributed by atoms with Crippen LogP contribution in [0.25, 0.3) is 0 Å². The second kappa shape index (κ2) is 10.0. The van der Waals surface area contributed by atoms with Crippen molar-refractivity contribution < 1.29 is 31.6 Å². The number of ether oxygens (including phenoxy) is 3. The molecule has 0 radical (unpaired) electrons. The van der Waals surface area contributed by atoms with Crippen LogP contribution in [0.1, 0.15) is 25.3 Å². The molecule has 1 saturated heterocycles. The van der Waals surface area contributed by atoms with Crippen molar-refractivity contribution in [1.29, 1.82) is 0 Å². The fraction of sp³-hybridized carbons (Fsp3) is 0.409. The molecule has 31 heavy (non-hydrogen) atoms. The molecular weight excluding hydrogens is 422 g/mol. The number of hydrogen-bond acceptors (Lipinski definition) is 7. The van der Waals surface area contributed by atoms with Crippen LogP contribution >= 0.6 is 0 Å². The van der Waals surface area contributed by atoms with Crippen molar-refractivity contribution in [3.63, 3.8) is 0 Å². The summed E-state index contributed by atoms with van der Waals surface area (Å²) < 4.78 is 46.8. The molecule has 1 heterocycles. The first-order valence-corrected chi connectivity index (χ1v) is 11.4. The van der Waals surface area contributed by atoms with Crippen molar-refractivity contribution in [1.82, 2.24) is 4.90 Å². The van der Waals surface area contributed by atoms with E-state index >= 15 is 0 Å². The minimum Gasteiger partial charge on any atom is -0.497 e. The maximum atomic E-state index is 12.7. The predicted octanol–water partition coefficient (Wildman–Crippen LogP) is 3.00. The van der Waals surface area contributed by atoms with Crippen LogP contribution in [0.5, 0.6) is 17.2 Å². The number of methoxy groups -OCH3 is 2. The van der Waals surface area contributed by atoms with Crippen molar-refractivity contribution in [2.45, 2.75) is 37.3 Å². The fourth-order valence-electron chi connectivity index (χ4n) is 3.35. The Morgan fingerprint density at radius 1 is 1.10 bits per heavy atom. The van der Waals surface area contributed by atoms with Crippen LogP contribution in [0.4, 0.5) is 0 Å². The summed E-state index contributed by atoms with van der Waals surface area (Å²) in [5, 5.41) is 0. The molecule has 0 N–H and O–H groups in total. The first kappa shape index (κ1) is 22.9. The molecule has 0 spiro atoms. The highest BCUT2D eigenvalue weighted by molar-refractivity contribution is 7.87. The van der Waals surface area contributed by atoms with Crippen LogP contribution in [0.15, 0.2) is 47.4 Å². The first-order chi connectivity index (χ1) is 14.8. The molecule has 0 unspecified atom stereocenters. The average Bonchev–Trinajstić information content (AvgIpc) is 3.26. The monoisotopic (exact) mass is 449 g/mol. The van der Waals surface area contributed by atoms with Crippen LogP contribution in [0.2, 0.25) is 0 Å². The maximum Gasteiger partial charge on any atom is 0.339 e. The van der Waals surface area contributed by atoms with Crippen LogP contribution in [-0.4, -0.2) is 52.7 Å². The normalized spacial score (nSPS) is 16.0. The second-order valence-electron chi connectivity index (χ2n) is 7.23. The maximum absolute atomic E-state index is 12.7. The Hall–Kier alpha value is -2.78. The average molecular weight is 450 g/mol. The van der Waals surface area contributed by atoms with E-state index in [1.165, 1.54) is 33.3 Å². The van der Waals surface area contributed by atoms with E-state index in [1.54, 1.807) is 35.2 Å². The van der Waals surface area contributed by atoms with Gasteiger partial charge >= 0.3 is 10.1 Å². The lowest BCUT2D eigenvalue weighted by atomic mass is 10.1. The standard InChI is InChI=1S/C22H27NO7S/c1-16(24)23(15-19-5-4-12-29-19)14-17-6-11-21(28-3)22(13-17)30-31(25,26)20-9-7-18(27-2)8-10-20/h6-11,13,19H,4-5,12,14-15H2,1-3H3/t19-/m0/s1. The van der Waals surface area contributed by atoms with E-state index in [0.717, 1.165) is 12.8 Å². The van der Waals surface area contributed by atoms with Gasteiger partial charge in [-0.2, -0.15) is 8.42 Å². The Kier molecular flexibility index (Phi) is 7.40. The van der Waals surface area contributed by atoms with E-state index in [9.17, 15) is 13.2 Å². The zero-order valence-corrected chi connectivity index (χ0v) is 18.7. The zero-order valence-electron chi connectivity index (χ0n) is 17.9. The number of hydrogen-bond donors (Lipinski definition) is 0. The fourth-order valence-corrected chi connectivity index (χ4v) is 4.28. The topological polar surface area (TPSA) is 91.4 Å². The molecule has 1 aliphatic heterocycles. The molecule has 0 aromatic heterocycles. The molecule has 2 aromatic carbocycles. The quantitative estimate of drug-likeness (QED) is 0.544. The van der Waals surface area contributed by atoms with E-state index in [0.29, 0.717) is 31.0 Å². The van der Waals surface area contributed by atoms with E-state index in [1.807, 2.05) is 0 Å². The van der Waals surface area contributed by atoms with Gasteiger partial charge in [0.25, 0.3) is 0 Å². The third-order valence-corrected chi connectivity index (χ3v) is 6.29. The first-order valence-electron chi connectivity index (χ1n) is 9.95. The van der Waals surface area contributed by atoms with Crippen molar-refractivity contribution in [3.8, 4) is 17.2 Å². The van der Waals surface area contributed by atoms with Gasteiger partial charge in [-0.25, -0.2) is 0 Å². The van der Waals surface area contributed by atoms with Gasteiger partial charge in [-0.3, -0.25) is 4.79 Å². The number of nitrogens with zero attached hydrogens (tertiary/aromatic N) is 1. The van der Waals surface area contributed by atoms with Crippen molar-refractivity contribution >= 4 is 16.0 Å². The van der Waals surface area contributed by atoms with E-state index < -0.39 is 10.1 Å².